The minimum absolute atomic E-state index is 0.106. The van der Waals surface area contributed by atoms with Gasteiger partial charge in [0.2, 0.25) is 5.88 Å². The number of rotatable bonds is 8. The van der Waals surface area contributed by atoms with Crippen molar-refractivity contribution >= 4 is 29.1 Å². The summed E-state index contributed by atoms with van der Waals surface area (Å²) in [6.07, 6.45) is 3.18. The Kier molecular flexibility index (Phi) is 6.92. The molecule has 0 saturated heterocycles. The second kappa shape index (κ2) is 10.2. The number of nitrogens with zero attached hydrogens (tertiary/aromatic N) is 5. The lowest BCUT2D eigenvalue weighted by molar-refractivity contribution is -0.136. The molecule has 0 fully saturated rings. The summed E-state index contributed by atoms with van der Waals surface area (Å²) >= 11 is 2.79. The van der Waals surface area contributed by atoms with Crippen molar-refractivity contribution in [3.63, 3.8) is 0 Å². The van der Waals surface area contributed by atoms with Gasteiger partial charge in [0.05, 0.1) is 23.7 Å². The first kappa shape index (κ1) is 22.4. The zero-order valence-corrected chi connectivity index (χ0v) is 19.0. The average molecular weight is 476 g/mol. The van der Waals surface area contributed by atoms with Crippen LogP contribution in [-0.4, -0.2) is 38.1 Å². The number of methoxy groups -OCH3 is 1. The summed E-state index contributed by atoms with van der Waals surface area (Å²) in [7, 11) is 1.46. The first-order chi connectivity index (χ1) is 16.1. The molecule has 3 aromatic heterocycles. The number of carbonyl (C=O) groups is 1. The van der Waals surface area contributed by atoms with Crippen molar-refractivity contribution in [1.82, 2.24) is 19.9 Å². The third-order valence-corrected chi connectivity index (χ3v) is 6.58. The third-order valence-electron chi connectivity index (χ3n) is 4.56. The maximum Gasteiger partial charge on any atom is 0.307 e. The molecule has 0 saturated carbocycles. The summed E-state index contributed by atoms with van der Waals surface area (Å²) in [5.74, 6) is -0.342. The summed E-state index contributed by atoms with van der Waals surface area (Å²) in [5.41, 5.74) is 2.17. The standard InChI is InChI=1S/C23H17N5O3S2/c1-31-22-16(13-24)19(17-7-3-10-32-17)27-21(28-22)20(33-23-25-8-4-9-26-23)15-6-2-5-14(11-15)12-18(29)30/h2-11,20H,12H2,1H3,(H,29,30). The van der Waals surface area contributed by atoms with Gasteiger partial charge in [-0.3, -0.25) is 4.79 Å². The van der Waals surface area contributed by atoms with E-state index in [0.29, 0.717) is 22.2 Å². The molecule has 1 atom stereocenters. The molecule has 1 N–H and O–H groups in total. The number of benzene rings is 1. The van der Waals surface area contributed by atoms with Crippen molar-refractivity contribution in [1.29, 1.82) is 5.26 Å². The predicted octanol–water partition coefficient (Wildman–Crippen LogP) is 4.38. The van der Waals surface area contributed by atoms with Gasteiger partial charge >= 0.3 is 5.97 Å². The summed E-state index contributed by atoms with van der Waals surface area (Å²) in [6.45, 7) is 0. The summed E-state index contributed by atoms with van der Waals surface area (Å²) in [5, 5.41) is 20.9. The number of aromatic nitrogens is 4. The Hall–Kier alpha value is -3.81. The molecule has 33 heavy (non-hydrogen) atoms. The molecular weight excluding hydrogens is 458 g/mol. The number of carboxylic acids is 1. The van der Waals surface area contributed by atoms with E-state index >= 15 is 0 Å². The van der Waals surface area contributed by atoms with Crippen LogP contribution in [-0.2, 0) is 11.2 Å². The highest BCUT2D eigenvalue weighted by Crippen LogP contribution is 2.40. The third kappa shape index (κ3) is 5.16. The van der Waals surface area contributed by atoms with E-state index in [9.17, 15) is 15.2 Å². The van der Waals surface area contributed by atoms with E-state index in [0.717, 1.165) is 10.4 Å². The predicted molar refractivity (Wildman–Crippen MR) is 124 cm³/mol. The second-order valence-corrected chi connectivity index (χ2v) is 8.77. The van der Waals surface area contributed by atoms with Gasteiger partial charge < -0.3 is 9.84 Å². The van der Waals surface area contributed by atoms with Crippen LogP contribution in [0.1, 0.15) is 27.8 Å². The van der Waals surface area contributed by atoms with Crippen LogP contribution in [0.4, 0.5) is 0 Å². The van der Waals surface area contributed by atoms with Crippen LogP contribution in [0.15, 0.2) is 65.4 Å². The maximum atomic E-state index is 11.2. The van der Waals surface area contributed by atoms with Gasteiger partial charge in [-0.1, -0.05) is 42.1 Å². The van der Waals surface area contributed by atoms with E-state index in [1.165, 1.54) is 30.2 Å². The summed E-state index contributed by atoms with van der Waals surface area (Å²) < 4.78 is 5.44. The number of nitriles is 1. The van der Waals surface area contributed by atoms with Gasteiger partial charge in [0.1, 0.15) is 17.3 Å². The SMILES string of the molecule is COc1nc(C(Sc2ncccn2)c2cccc(CC(=O)O)c2)nc(-c2cccs2)c1C#N. The zero-order chi connectivity index (χ0) is 23.2. The van der Waals surface area contributed by atoms with E-state index < -0.39 is 11.2 Å². The Morgan fingerprint density at radius 3 is 2.70 bits per heavy atom. The van der Waals surface area contributed by atoms with Gasteiger partial charge in [0, 0.05) is 12.4 Å². The fraction of sp³-hybridized carbons (Fsp3) is 0.130. The van der Waals surface area contributed by atoms with Crippen LogP contribution in [0.2, 0.25) is 0 Å². The van der Waals surface area contributed by atoms with Crippen LogP contribution >= 0.6 is 23.1 Å². The Morgan fingerprint density at radius 1 is 1.21 bits per heavy atom. The molecule has 4 rings (SSSR count). The van der Waals surface area contributed by atoms with Crippen molar-refractivity contribution in [2.24, 2.45) is 0 Å². The van der Waals surface area contributed by atoms with Gasteiger partial charge in [0.15, 0.2) is 11.0 Å². The molecule has 0 radical (unpaired) electrons. The van der Waals surface area contributed by atoms with Crippen LogP contribution < -0.4 is 4.74 Å². The molecule has 10 heteroatoms. The monoisotopic (exact) mass is 475 g/mol. The van der Waals surface area contributed by atoms with E-state index in [-0.39, 0.29) is 17.9 Å². The highest BCUT2D eigenvalue weighted by atomic mass is 32.2. The number of aliphatic carboxylic acids is 1. The Balaban J connectivity index is 1.88. The molecule has 8 nitrogen and oxygen atoms in total. The van der Waals surface area contributed by atoms with Crippen molar-refractivity contribution in [2.45, 2.75) is 16.8 Å². The highest BCUT2D eigenvalue weighted by Gasteiger charge is 2.26. The molecule has 3 heterocycles. The number of hydrogen-bond acceptors (Lipinski definition) is 9. The van der Waals surface area contributed by atoms with Crippen LogP contribution in [0.25, 0.3) is 10.6 Å². The fourth-order valence-electron chi connectivity index (χ4n) is 3.18. The molecule has 0 amide bonds. The quantitative estimate of drug-likeness (QED) is 0.292. The van der Waals surface area contributed by atoms with Gasteiger partial charge in [-0.15, -0.1) is 11.3 Å². The molecule has 0 bridgehead atoms. The molecule has 0 aliphatic rings. The van der Waals surface area contributed by atoms with Crippen molar-refractivity contribution in [3.8, 4) is 22.5 Å². The maximum absolute atomic E-state index is 11.2. The zero-order valence-electron chi connectivity index (χ0n) is 17.4. The van der Waals surface area contributed by atoms with E-state index in [2.05, 4.69) is 21.0 Å². The molecule has 0 aliphatic carbocycles. The lowest BCUT2D eigenvalue weighted by atomic mass is 10.0. The van der Waals surface area contributed by atoms with Crippen LogP contribution in [0.3, 0.4) is 0 Å². The molecule has 1 aromatic carbocycles. The van der Waals surface area contributed by atoms with Crippen molar-refractivity contribution in [2.75, 3.05) is 7.11 Å². The Morgan fingerprint density at radius 2 is 2.03 bits per heavy atom. The Bertz CT molecular complexity index is 1310. The lowest BCUT2D eigenvalue weighted by Gasteiger charge is -2.18. The highest BCUT2D eigenvalue weighted by molar-refractivity contribution is 7.99. The molecule has 164 valence electrons. The molecule has 0 aliphatic heterocycles. The topological polar surface area (TPSA) is 122 Å². The van der Waals surface area contributed by atoms with Gasteiger partial charge in [0.25, 0.3) is 0 Å². The number of thiophene rings is 1. The van der Waals surface area contributed by atoms with E-state index in [1.807, 2.05) is 29.6 Å². The minimum atomic E-state index is -0.918. The van der Waals surface area contributed by atoms with Gasteiger partial charge in [-0.05, 0) is 28.6 Å². The number of carboxylic acid groups (broad SMARTS) is 1. The van der Waals surface area contributed by atoms with Gasteiger partial charge in [-0.2, -0.15) is 10.2 Å². The van der Waals surface area contributed by atoms with Crippen molar-refractivity contribution < 1.29 is 14.6 Å². The normalized spacial score (nSPS) is 11.5. The van der Waals surface area contributed by atoms with Crippen LogP contribution in [0, 0.1) is 11.3 Å². The largest absolute Gasteiger partial charge is 0.481 e. The van der Waals surface area contributed by atoms with E-state index in [1.54, 1.807) is 30.6 Å². The first-order valence-corrected chi connectivity index (χ1v) is 11.5. The first-order valence-electron chi connectivity index (χ1n) is 9.73. The van der Waals surface area contributed by atoms with Crippen LogP contribution in [0.5, 0.6) is 5.88 Å². The average Bonchev–Trinajstić information content (AvgIpc) is 3.37. The smallest absolute Gasteiger partial charge is 0.307 e. The van der Waals surface area contributed by atoms with E-state index in [4.69, 9.17) is 9.72 Å². The molecule has 1 unspecified atom stereocenters. The van der Waals surface area contributed by atoms with Gasteiger partial charge in [-0.25, -0.2) is 15.0 Å². The Labute approximate surface area is 198 Å². The lowest BCUT2D eigenvalue weighted by Crippen LogP contribution is -2.09. The number of ether oxygens (including phenoxy) is 1. The molecule has 4 aromatic rings. The second-order valence-electron chi connectivity index (χ2n) is 6.75. The molecule has 0 spiro atoms. The molecular formula is C23H17N5O3S2. The minimum Gasteiger partial charge on any atom is -0.481 e. The summed E-state index contributed by atoms with van der Waals surface area (Å²) in [6, 6.07) is 14.9. The van der Waals surface area contributed by atoms with Crippen molar-refractivity contribution in [3.05, 3.63) is 82.8 Å². The fourth-order valence-corrected chi connectivity index (χ4v) is 4.84. The summed E-state index contributed by atoms with van der Waals surface area (Å²) in [4.78, 5) is 30.0. The number of hydrogen-bond donors (Lipinski definition) is 1. The number of thioether (sulfide) groups is 1.